The minimum Gasteiger partial charge on any atom is -0.384 e. The molecule has 4 aromatic heterocycles. The molecular formula is C30H30FN9. The molecule has 3 N–H and O–H groups in total. The lowest BCUT2D eigenvalue weighted by Crippen LogP contribution is -2.20. The number of benzene rings is 2. The molecule has 0 amide bonds. The average Bonchev–Trinajstić information content (AvgIpc) is 3.56. The van der Waals surface area contributed by atoms with Crippen molar-refractivity contribution in [2.24, 2.45) is 0 Å². The Balaban J connectivity index is 1.39. The Kier molecular flexibility index (Phi) is 6.61. The van der Waals surface area contributed by atoms with E-state index in [1.165, 1.54) is 12.1 Å². The zero-order chi connectivity index (χ0) is 27.8. The van der Waals surface area contributed by atoms with Gasteiger partial charge in [-0.1, -0.05) is 12.1 Å². The third-order valence-electron chi connectivity index (χ3n) is 6.82. The number of para-hydroxylation sites is 1. The number of rotatable bonds is 8. The summed E-state index contributed by atoms with van der Waals surface area (Å²) in [7, 11) is 7.98. The van der Waals surface area contributed by atoms with Gasteiger partial charge >= 0.3 is 0 Å². The van der Waals surface area contributed by atoms with E-state index in [2.05, 4.69) is 41.4 Å². The van der Waals surface area contributed by atoms with Gasteiger partial charge in [0.2, 0.25) is 0 Å². The van der Waals surface area contributed by atoms with E-state index >= 15 is 0 Å². The van der Waals surface area contributed by atoms with Gasteiger partial charge in [0, 0.05) is 55.6 Å². The molecule has 6 rings (SSSR count). The number of likely N-dealkylation sites (N-methyl/N-ethyl adjacent to an activating group) is 1. The predicted molar refractivity (Wildman–Crippen MR) is 159 cm³/mol. The van der Waals surface area contributed by atoms with Crippen molar-refractivity contribution in [1.29, 1.82) is 0 Å². The number of imidazole rings is 1. The second-order valence-electron chi connectivity index (χ2n) is 10.3. The summed E-state index contributed by atoms with van der Waals surface area (Å²) >= 11 is 0. The largest absolute Gasteiger partial charge is 0.384 e. The topological polar surface area (TPSA) is 102 Å². The van der Waals surface area contributed by atoms with Crippen LogP contribution >= 0.6 is 0 Å². The van der Waals surface area contributed by atoms with Crippen LogP contribution in [0.3, 0.4) is 0 Å². The maximum atomic E-state index is 14.6. The number of H-pyrrole nitrogens is 2. The molecule has 4 heterocycles. The highest BCUT2D eigenvalue weighted by atomic mass is 19.1. The fraction of sp³-hybridized carbons (Fsp3) is 0.200. The molecule has 0 aliphatic rings. The SMILES string of the molecule is CN(C)CCNc1cc(F)cc(-c2cccc3[nH]c(-c4n[nH]c5cnc(-c6cncc(N(C)C)c6)cc45)nc23)c1. The molecule has 0 saturated heterocycles. The monoisotopic (exact) mass is 535 g/mol. The van der Waals surface area contributed by atoms with E-state index in [-0.39, 0.29) is 5.82 Å². The minimum absolute atomic E-state index is 0.302. The Bertz CT molecular complexity index is 1820. The number of pyridine rings is 2. The molecule has 6 aromatic rings. The second kappa shape index (κ2) is 10.4. The molecule has 40 heavy (non-hydrogen) atoms. The first kappa shape index (κ1) is 25.4. The molecule has 0 saturated carbocycles. The lowest BCUT2D eigenvalue weighted by atomic mass is 10.0. The van der Waals surface area contributed by atoms with Crippen molar-refractivity contribution < 1.29 is 4.39 Å². The zero-order valence-corrected chi connectivity index (χ0v) is 22.8. The average molecular weight is 536 g/mol. The van der Waals surface area contributed by atoms with Gasteiger partial charge in [-0.05, 0) is 56.1 Å². The van der Waals surface area contributed by atoms with Crippen LogP contribution in [-0.4, -0.2) is 76.3 Å². The van der Waals surface area contributed by atoms with Crippen LogP contribution in [0.5, 0.6) is 0 Å². The normalized spacial score (nSPS) is 11.6. The third kappa shape index (κ3) is 4.96. The van der Waals surface area contributed by atoms with Crippen LogP contribution in [0.4, 0.5) is 15.8 Å². The summed E-state index contributed by atoms with van der Waals surface area (Å²) in [6.45, 7) is 1.56. The second-order valence-corrected chi connectivity index (χ2v) is 10.3. The Morgan fingerprint density at radius 1 is 0.925 bits per heavy atom. The third-order valence-corrected chi connectivity index (χ3v) is 6.82. The van der Waals surface area contributed by atoms with Crippen LogP contribution in [0.2, 0.25) is 0 Å². The maximum absolute atomic E-state index is 14.6. The number of fused-ring (bicyclic) bond motifs is 2. The molecule has 9 nitrogen and oxygen atoms in total. The Morgan fingerprint density at radius 3 is 2.62 bits per heavy atom. The number of halogens is 1. The molecule has 0 bridgehead atoms. The summed E-state index contributed by atoms with van der Waals surface area (Å²) in [5.41, 5.74) is 8.08. The van der Waals surface area contributed by atoms with Crippen LogP contribution in [0, 0.1) is 5.82 Å². The van der Waals surface area contributed by atoms with Crippen molar-refractivity contribution in [3.63, 3.8) is 0 Å². The molecule has 2 aromatic carbocycles. The Morgan fingerprint density at radius 2 is 1.80 bits per heavy atom. The molecule has 0 unspecified atom stereocenters. The van der Waals surface area contributed by atoms with E-state index in [1.54, 1.807) is 12.4 Å². The molecule has 0 atom stereocenters. The van der Waals surface area contributed by atoms with Crippen molar-refractivity contribution in [1.82, 2.24) is 35.0 Å². The quantitative estimate of drug-likeness (QED) is 0.240. The number of hydrogen-bond acceptors (Lipinski definition) is 7. The van der Waals surface area contributed by atoms with Gasteiger partial charge < -0.3 is 20.1 Å². The van der Waals surface area contributed by atoms with Gasteiger partial charge in [-0.25, -0.2) is 9.37 Å². The van der Waals surface area contributed by atoms with E-state index in [0.29, 0.717) is 18.1 Å². The maximum Gasteiger partial charge on any atom is 0.159 e. The standard InChI is InChI=1S/C30H30FN9/c1-39(2)9-8-33-21-11-18(10-20(31)13-21)23-6-5-7-25-28(23)36-30(35-25)29-24-14-26(34-17-27(24)37-38-29)19-12-22(40(3)4)16-32-15-19/h5-7,10-17,33H,8-9H2,1-4H3,(H,35,36)(H,37,38). The summed E-state index contributed by atoms with van der Waals surface area (Å²) in [6, 6.07) is 14.9. The first-order valence-electron chi connectivity index (χ1n) is 13.0. The number of aromatic amines is 2. The summed E-state index contributed by atoms with van der Waals surface area (Å²) in [4.78, 5) is 21.4. The van der Waals surface area contributed by atoms with Crippen molar-refractivity contribution in [3.8, 4) is 33.9 Å². The van der Waals surface area contributed by atoms with E-state index in [0.717, 1.165) is 62.2 Å². The molecule has 0 radical (unpaired) electrons. The van der Waals surface area contributed by atoms with E-state index < -0.39 is 0 Å². The Hall–Kier alpha value is -4.83. The molecule has 0 aliphatic heterocycles. The fourth-order valence-corrected chi connectivity index (χ4v) is 4.72. The number of nitrogens with one attached hydrogen (secondary N) is 3. The summed E-state index contributed by atoms with van der Waals surface area (Å²) < 4.78 is 14.6. The van der Waals surface area contributed by atoms with Crippen LogP contribution in [0.25, 0.3) is 55.8 Å². The van der Waals surface area contributed by atoms with Crippen LogP contribution in [0.15, 0.2) is 67.1 Å². The predicted octanol–water partition coefficient (Wildman–Crippen LogP) is 5.41. The van der Waals surface area contributed by atoms with Crippen LogP contribution in [0.1, 0.15) is 0 Å². The first-order valence-corrected chi connectivity index (χ1v) is 13.0. The van der Waals surface area contributed by atoms with Crippen molar-refractivity contribution >= 4 is 33.3 Å². The van der Waals surface area contributed by atoms with Crippen LogP contribution in [-0.2, 0) is 0 Å². The smallest absolute Gasteiger partial charge is 0.159 e. The molecule has 202 valence electrons. The highest BCUT2D eigenvalue weighted by molar-refractivity contribution is 5.98. The summed E-state index contributed by atoms with van der Waals surface area (Å²) in [6.07, 6.45) is 5.39. The lowest BCUT2D eigenvalue weighted by Gasteiger charge is -2.13. The van der Waals surface area contributed by atoms with Gasteiger partial charge in [-0.3, -0.25) is 15.1 Å². The number of aromatic nitrogens is 6. The number of nitrogens with zero attached hydrogens (tertiary/aromatic N) is 6. The lowest BCUT2D eigenvalue weighted by molar-refractivity contribution is 0.425. The van der Waals surface area contributed by atoms with E-state index in [9.17, 15) is 4.39 Å². The molecule has 0 aliphatic carbocycles. The number of hydrogen-bond donors (Lipinski definition) is 3. The Labute approximate surface area is 231 Å². The fourth-order valence-electron chi connectivity index (χ4n) is 4.72. The van der Waals surface area contributed by atoms with E-state index in [4.69, 9.17) is 4.98 Å². The highest BCUT2D eigenvalue weighted by Gasteiger charge is 2.17. The van der Waals surface area contributed by atoms with Crippen molar-refractivity contribution in [3.05, 3.63) is 72.9 Å². The summed E-state index contributed by atoms with van der Waals surface area (Å²) in [5.74, 6) is 0.315. The van der Waals surface area contributed by atoms with Gasteiger partial charge in [0.25, 0.3) is 0 Å². The zero-order valence-electron chi connectivity index (χ0n) is 22.8. The number of anilines is 2. The van der Waals surface area contributed by atoms with Crippen LogP contribution < -0.4 is 10.2 Å². The summed E-state index contributed by atoms with van der Waals surface area (Å²) in [5, 5.41) is 11.8. The van der Waals surface area contributed by atoms with Gasteiger partial charge in [0.05, 0.1) is 40.3 Å². The molecule has 0 fully saturated rings. The molecule has 0 spiro atoms. The first-order chi connectivity index (χ1) is 19.4. The van der Waals surface area contributed by atoms with Crippen molar-refractivity contribution in [2.75, 3.05) is 51.5 Å². The highest BCUT2D eigenvalue weighted by Crippen LogP contribution is 2.34. The van der Waals surface area contributed by atoms with E-state index in [1.807, 2.05) is 69.6 Å². The van der Waals surface area contributed by atoms with Gasteiger partial charge in [0.1, 0.15) is 11.5 Å². The minimum atomic E-state index is -0.302. The molecular weight excluding hydrogens is 505 g/mol. The van der Waals surface area contributed by atoms with Gasteiger partial charge in [0.15, 0.2) is 5.82 Å². The van der Waals surface area contributed by atoms with Gasteiger partial charge in [-0.2, -0.15) is 5.10 Å². The molecule has 10 heteroatoms. The van der Waals surface area contributed by atoms with Crippen molar-refractivity contribution in [2.45, 2.75) is 0 Å². The van der Waals surface area contributed by atoms with Gasteiger partial charge in [-0.15, -0.1) is 0 Å².